The summed E-state index contributed by atoms with van der Waals surface area (Å²) in [4.78, 5) is 23.3. The van der Waals surface area contributed by atoms with Crippen molar-refractivity contribution >= 4 is 29.3 Å². The van der Waals surface area contributed by atoms with Gasteiger partial charge in [-0.15, -0.1) is 0 Å². The first-order chi connectivity index (χ1) is 10.1. The summed E-state index contributed by atoms with van der Waals surface area (Å²) in [6.45, 7) is 0.688. The summed E-state index contributed by atoms with van der Waals surface area (Å²) < 4.78 is 0. The van der Waals surface area contributed by atoms with Crippen molar-refractivity contribution in [3.05, 3.63) is 29.8 Å². The lowest BCUT2D eigenvalue weighted by atomic mass is 10.2. The molecule has 0 spiro atoms. The van der Waals surface area contributed by atoms with E-state index in [-0.39, 0.29) is 25.0 Å². The van der Waals surface area contributed by atoms with E-state index in [2.05, 4.69) is 10.6 Å². The maximum atomic E-state index is 11.7. The SMILES string of the molecule is Nc1ccc(C(=O)NCC(=O)NCCSCCCO)cc1. The number of nitrogens with one attached hydrogen (secondary N) is 2. The van der Waals surface area contributed by atoms with Gasteiger partial charge in [-0.2, -0.15) is 11.8 Å². The van der Waals surface area contributed by atoms with Crippen LogP contribution >= 0.6 is 11.8 Å². The molecule has 21 heavy (non-hydrogen) atoms. The molecule has 0 aliphatic carbocycles. The number of aliphatic hydroxyl groups excluding tert-OH is 1. The van der Waals surface area contributed by atoms with Crippen molar-refractivity contribution < 1.29 is 14.7 Å². The van der Waals surface area contributed by atoms with E-state index in [1.807, 2.05) is 0 Å². The van der Waals surface area contributed by atoms with E-state index in [0.29, 0.717) is 17.8 Å². The van der Waals surface area contributed by atoms with Crippen molar-refractivity contribution in [1.82, 2.24) is 10.6 Å². The van der Waals surface area contributed by atoms with E-state index >= 15 is 0 Å². The van der Waals surface area contributed by atoms with Crippen molar-refractivity contribution in [2.75, 3.05) is 36.9 Å². The lowest BCUT2D eigenvalue weighted by molar-refractivity contribution is -0.120. The van der Waals surface area contributed by atoms with E-state index < -0.39 is 0 Å². The monoisotopic (exact) mass is 311 g/mol. The lowest BCUT2D eigenvalue weighted by Gasteiger charge is -2.07. The Balaban J connectivity index is 2.15. The predicted molar refractivity (Wildman–Crippen MR) is 85.2 cm³/mol. The second kappa shape index (κ2) is 10.1. The number of benzene rings is 1. The van der Waals surface area contributed by atoms with Gasteiger partial charge in [-0.05, 0) is 36.4 Å². The minimum Gasteiger partial charge on any atom is -0.399 e. The van der Waals surface area contributed by atoms with E-state index in [1.165, 1.54) is 0 Å². The summed E-state index contributed by atoms with van der Waals surface area (Å²) >= 11 is 1.67. The van der Waals surface area contributed by atoms with Crippen LogP contribution in [0.4, 0.5) is 5.69 Å². The fourth-order valence-corrected chi connectivity index (χ4v) is 2.27. The summed E-state index contributed by atoms with van der Waals surface area (Å²) in [7, 11) is 0. The quantitative estimate of drug-likeness (QED) is 0.386. The highest BCUT2D eigenvalue weighted by Gasteiger charge is 2.07. The topological polar surface area (TPSA) is 104 Å². The van der Waals surface area contributed by atoms with Crippen LogP contribution in [0.5, 0.6) is 0 Å². The maximum Gasteiger partial charge on any atom is 0.251 e. The fourth-order valence-electron chi connectivity index (χ4n) is 1.49. The van der Waals surface area contributed by atoms with Gasteiger partial charge in [0, 0.05) is 30.2 Å². The molecule has 1 rings (SSSR count). The summed E-state index contributed by atoms with van der Waals surface area (Å²) in [5.74, 6) is 1.14. The molecule has 0 atom stereocenters. The van der Waals surface area contributed by atoms with Gasteiger partial charge in [0.2, 0.25) is 5.91 Å². The third kappa shape index (κ3) is 7.57. The van der Waals surface area contributed by atoms with Gasteiger partial charge in [0.05, 0.1) is 6.54 Å². The third-order valence-electron chi connectivity index (χ3n) is 2.60. The van der Waals surface area contributed by atoms with Crippen LogP contribution in [0.25, 0.3) is 0 Å². The number of amides is 2. The summed E-state index contributed by atoms with van der Waals surface area (Å²) in [5.41, 5.74) is 6.59. The van der Waals surface area contributed by atoms with E-state index in [4.69, 9.17) is 10.8 Å². The molecule has 1 aromatic carbocycles. The number of thioether (sulfide) groups is 1. The molecule has 0 aromatic heterocycles. The Hall–Kier alpha value is -1.73. The molecule has 1 aromatic rings. The summed E-state index contributed by atoms with van der Waals surface area (Å²) in [5, 5.41) is 13.9. The van der Waals surface area contributed by atoms with E-state index in [0.717, 1.165) is 17.9 Å². The van der Waals surface area contributed by atoms with Crippen LogP contribution in [0.2, 0.25) is 0 Å². The second-order valence-corrected chi connectivity index (χ2v) is 5.57. The summed E-state index contributed by atoms with van der Waals surface area (Å²) in [6, 6.07) is 6.50. The number of hydrogen-bond donors (Lipinski definition) is 4. The number of rotatable bonds is 9. The highest BCUT2D eigenvalue weighted by atomic mass is 32.2. The van der Waals surface area contributed by atoms with Gasteiger partial charge in [-0.1, -0.05) is 0 Å². The minimum atomic E-state index is -0.303. The maximum absolute atomic E-state index is 11.7. The van der Waals surface area contributed by atoms with Crippen LogP contribution in [0.15, 0.2) is 24.3 Å². The Morgan fingerprint density at radius 3 is 2.52 bits per heavy atom. The molecule has 116 valence electrons. The average Bonchev–Trinajstić information content (AvgIpc) is 2.49. The van der Waals surface area contributed by atoms with E-state index in [1.54, 1.807) is 36.0 Å². The van der Waals surface area contributed by atoms with Crippen LogP contribution < -0.4 is 16.4 Å². The Bertz CT molecular complexity index is 451. The normalized spacial score (nSPS) is 10.1. The first-order valence-corrected chi connectivity index (χ1v) is 7.88. The third-order valence-corrected chi connectivity index (χ3v) is 3.67. The number of carbonyl (C=O) groups excluding carboxylic acids is 2. The number of aliphatic hydroxyl groups is 1. The first-order valence-electron chi connectivity index (χ1n) is 6.72. The lowest BCUT2D eigenvalue weighted by Crippen LogP contribution is -2.37. The van der Waals surface area contributed by atoms with Crippen LogP contribution in [0.3, 0.4) is 0 Å². The Morgan fingerprint density at radius 2 is 1.86 bits per heavy atom. The van der Waals surface area contributed by atoms with Crippen LogP contribution in [-0.2, 0) is 4.79 Å². The highest BCUT2D eigenvalue weighted by Crippen LogP contribution is 2.04. The summed E-state index contributed by atoms with van der Waals surface area (Å²) in [6.07, 6.45) is 0.760. The van der Waals surface area contributed by atoms with Gasteiger partial charge in [0.1, 0.15) is 0 Å². The second-order valence-electron chi connectivity index (χ2n) is 4.34. The van der Waals surface area contributed by atoms with Crippen molar-refractivity contribution in [3.63, 3.8) is 0 Å². The molecule has 7 heteroatoms. The van der Waals surface area contributed by atoms with Crippen LogP contribution in [-0.4, -0.2) is 48.1 Å². The molecule has 0 saturated carbocycles. The molecule has 0 aliphatic heterocycles. The molecule has 2 amide bonds. The number of carbonyl (C=O) groups is 2. The predicted octanol–water partition coefficient (Wildman–Crippen LogP) is 0.230. The zero-order chi connectivity index (χ0) is 15.5. The molecule has 0 saturated heterocycles. The number of nitrogen functional groups attached to an aromatic ring is 1. The number of hydrogen-bond acceptors (Lipinski definition) is 5. The van der Waals surface area contributed by atoms with Gasteiger partial charge >= 0.3 is 0 Å². The van der Waals surface area contributed by atoms with Crippen molar-refractivity contribution in [3.8, 4) is 0 Å². The standard InChI is InChI=1S/C14H21N3O3S/c15-12-4-2-11(3-5-12)14(20)17-10-13(19)16-6-9-21-8-1-7-18/h2-5,18H,1,6-10,15H2,(H,16,19)(H,17,20). The molecule has 6 nitrogen and oxygen atoms in total. The molecule has 0 aliphatic rings. The Labute approximate surface area is 128 Å². The molecule has 0 radical (unpaired) electrons. The average molecular weight is 311 g/mol. The molecular formula is C14H21N3O3S. The highest BCUT2D eigenvalue weighted by molar-refractivity contribution is 7.99. The molecule has 0 unspecified atom stereocenters. The minimum absolute atomic E-state index is 0.0511. The molecular weight excluding hydrogens is 290 g/mol. The van der Waals surface area contributed by atoms with Gasteiger partial charge in [0.15, 0.2) is 0 Å². The molecule has 0 fully saturated rings. The van der Waals surface area contributed by atoms with Gasteiger partial charge in [-0.3, -0.25) is 9.59 Å². The first kappa shape index (κ1) is 17.3. The van der Waals surface area contributed by atoms with Crippen LogP contribution in [0, 0.1) is 0 Å². The molecule has 5 N–H and O–H groups in total. The number of nitrogens with two attached hydrogens (primary N) is 1. The largest absolute Gasteiger partial charge is 0.399 e. The van der Waals surface area contributed by atoms with Crippen molar-refractivity contribution in [2.24, 2.45) is 0 Å². The smallest absolute Gasteiger partial charge is 0.251 e. The van der Waals surface area contributed by atoms with Gasteiger partial charge in [-0.25, -0.2) is 0 Å². The Morgan fingerprint density at radius 1 is 1.14 bits per heavy atom. The molecule has 0 heterocycles. The Kier molecular flexibility index (Phi) is 8.30. The molecule has 0 bridgehead atoms. The van der Waals surface area contributed by atoms with Gasteiger partial charge in [0.25, 0.3) is 5.91 Å². The zero-order valence-electron chi connectivity index (χ0n) is 11.8. The zero-order valence-corrected chi connectivity index (χ0v) is 12.6. The van der Waals surface area contributed by atoms with Crippen molar-refractivity contribution in [1.29, 1.82) is 0 Å². The number of anilines is 1. The van der Waals surface area contributed by atoms with E-state index in [9.17, 15) is 9.59 Å². The van der Waals surface area contributed by atoms with Gasteiger partial charge < -0.3 is 21.5 Å². The van der Waals surface area contributed by atoms with Crippen molar-refractivity contribution in [2.45, 2.75) is 6.42 Å². The fraction of sp³-hybridized carbons (Fsp3) is 0.429. The van der Waals surface area contributed by atoms with Crippen LogP contribution in [0.1, 0.15) is 16.8 Å².